The highest BCUT2D eigenvalue weighted by molar-refractivity contribution is 7.45. The molecule has 0 spiro atoms. The van der Waals surface area contributed by atoms with Crippen molar-refractivity contribution in [2.75, 3.05) is 46.2 Å². The van der Waals surface area contributed by atoms with E-state index in [-0.39, 0.29) is 19.1 Å². The molecule has 0 aliphatic carbocycles. The average molecular weight is 627 g/mol. The number of anilines is 1. The summed E-state index contributed by atoms with van der Waals surface area (Å²) in [5.74, 6) is -0.326. The summed E-state index contributed by atoms with van der Waals surface area (Å²) in [6, 6.07) is 7.99. The van der Waals surface area contributed by atoms with Gasteiger partial charge in [-0.2, -0.15) is 0 Å². The minimum atomic E-state index is -4.16. The molecule has 2 N–H and O–H groups in total. The van der Waals surface area contributed by atoms with Gasteiger partial charge >= 0.3 is 0 Å². The molecule has 1 rings (SSSR count). The lowest BCUT2D eigenvalue weighted by molar-refractivity contribution is -0.870. The maximum atomic E-state index is 11.9. The zero-order chi connectivity index (χ0) is 31.8. The van der Waals surface area contributed by atoms with Crippen LogP contribution >= 0.6 is 7.82 Å². The van der Waals surface area contributed by atoms with E-state index in [1.165, 1.54) is 89.0 Å². The number of rotatable bonds is 28. The van der Waals surface area contributed by atoms with Crippen LogP contribution in [-0.4, -0.2) is 62.5 Å². The molecule has 1 aromatic carbocycles. The number of hydrogen-bond acceptors (Lipinski definition) is 6. The molecule has 0 bridgehead atoms. The van der Waals surface area contributed by atoms with Gasteiger partial charge in [-0.15, -0.1) is 0 Å². The average Bonchev–Trinajstić information content (AvgIpc) is 2.94. The Balaban J connectivity index is 1.85. The van der Waals surface area contributed by atoms with Crippen LogP contribution in [0.3, 0.4) is 0 Å². The molecule has 250 valence electrons. The van der Waals surface area contributed by atoms with Crippen LogP contribution in [0.4, 0.5) is 5.69 Å². The Kier molecular flexibility index (Phi) is 22.2. The van der Waals surface area contributed by atoms with Crippen LogP contribution in [0, 0.1) is 0 Å². The molecule has 0 saturated heterocycles. The number of phosphoric acid groups is 1. The van der Waals surface area contributed by atoms with E-state index in [1.807, 2.05) is 40.2 Å². The Hall–Kier alpha value is -1.28. The molecule has 0 aromatic heterocycles. The van der Waals surface area contributed by atoms with Gasteiger partial charge in [0, 0.05) is 5.69 Å². The highest BCUT2D eigenvalue weighted by Crippen LogP contribution is 2.38. The van der Waals surface area contributed by atoms with Gasteiger partial charge in [0.25, 0.3) is 13.7 Å². The largest absolute Gasteiger partial charge is 0.756 e. The number of unbranched alkanes of at least 4 members (excludes halogenated alkanes) is 15. The van der Waals surface area contributed by atoms with Gasteiger partial charge in [-0.1, -0.05) is 115 Å². The third-order valence-corrected chi connectivity index (χ3v) is 8.70. The molecule has 0 saturated carbocycles. The normalized spacial score (nSPS) is 14.0. The predicted octanol–water partition coefficient (Wildman–Crippen LogP) is 7.78. The van der Waals surface area contributed by atoms with Crippen LogP contribution in [0.2, 0.25) is 0 Å². The summed E-state index contributed by atoms with van der Waals surface area (Å²) < 4.78 is 22.3. The van der Waals surface area contributed by atoms with Crippen LogP contribution < -0.4 is 10.2 Å². The van der Waals surface area contributed by atoms with Crippen molar-refractivity contribution in [3.8, 4) is 0 Å². The highest BCUT2D eigenvalue weighted by Gasteiger charge is 2.14. The molecular formula is C34H63N2O6P. The molecule has 43 heavy (non-hydrogen) atoms. The number of likely N-dealkylation sites (N-methyl/N-ethyl adjacent to an activating group) is 1. The second kappa shape index (κ2) is 24.0. The molecule has 0 aliphatic rings. The molecule has 1 aromatic rings. The summed E-state index contributed by atoms with van der Waals surface area (Å²) >= 11 is 0. The smallest absolute Gasteiger partial charge is 0.268 e. The van der Waals surface area contributed by atoms with Crippen molar-refractivity contribution in [3.05, 3.63) is 29.8 Å². The lowest BCUT2D eigenvalue weighted by Crippen LogP contribution is -2.37. The summed E-state index contributed by atoms with van der Waals surface area (Å²) in [7, 11) is 1.81. The van der Waals surface area contributed by atoms with E-state index in [0.29, 0.717) is 17.4 Å². The van der Waals surface area contributed by atoms with Crippen molar-refractivity contribution in [2.45, 2.75) is 135 Å². The van der Waals surface area contributed by atoms with E-state index >= 15 is 0 Å². The number of hydrogen-bond donors (Lipinski definition) is 2. The van der Waals surface area contributed by atoms with Gasteiger partial charge in [0.15, 0.2) is 0 Å². The summed E-state index contributed by atoms with van der Waals surface area (Å²) in [5, 5.41) is 12.5. The number of aliphatic hydroxyl groups excluding tert-OH is 1. The van der Waals surface area contributed by atoms with Crippen LogP contribution in [-0.2, 0) is 24.8 Å². The zero-order valence-electron chi connectivity index (χ0n) is 27.8. The van der Waals surface area contributed by atoms with E-state index in [4.69, 9.17) is 9.05 Å². The third-order valence-electron chi connectivity index (χ3n) is 7.71. The van der Waals surface area contributed by atoms with E-state index in [1.54, 1.807) is 0 Å². The van der Waals surface area contributed by atoms with Crippen LogP contribution in [0.25, 0.3) is 0 Å². The third kappa shape index (κ3) is 23.7. The minimum absolute atomic E-state index is 0.154. The fraction of sp³-hybridized carbons (Fsp3) is 0.794. The number of nitrogens with one attached hydrogen (secondary N) is 1. The molecule has 1 amide bonds. The SMILES string of the molecule is CCCC(O)C(=O)Nc1ccc(CCCCCCCCCCCCCCCCCCOP(=O)([O-])OCC[N+](C)(C)C)cc1. The van der Waals surface area contributed by atoms with Crippen LogP contribution in [0.5, 0.6) is 0 Å². The monoisotopic (exact) mass is 626 g/mol. The second-order valence-corrected chi connectivity index (χ2v) is 14.4. The lowest BCUT2D eigenvalue weighted by Gasteiger charge is -2.27. The molecule has 8 nitrogen and oxygen atoms in total. The number of quaternary nitrogens is 1. The second-order valence-electron chi connectivity index (χ2n) is 13.0. The first kappa shape index (κ1) is 39.7. The molecule has 0 heterocycles. The van der Waals surface area contributed by atoms with Gasteiger partial charge in [0.2, 0.25) is 0 Å². The number of phosphoric ester groups is 1. The van der Waals surface area contributed by atoms with Crippen molar-refractivity contribution >= 4 is 19.4 Å². The quantitative estimate of drug-likeness (QED) is 0.0559. The highest BCUT2D eigenvalue weighted by atomic mass is 31.2. The molecule has 2 atom stereocenters. The lowest BCUT2D eigenvalue weighted by atomic mass is 10.0. The number of amides is 1. The van der Waals surface area contributed by atoms with Gasteiger partial charge in [0.1, 0.15) is 19.3 Å². The number of benzene rings is 1. The maximum absolute atomic E-state index is 11.9. The summed E-state index contributed by atoms with van der Waals surface area (Å²) in [6.07, 6.45) is 21.2. The molecule has 2 unspecified atom stereocenters. The van der Waals surface area contributed by atoms with Crippen molar-refractivity contribution in [1.29, 1.82) is 0 Å². The van der Waals surface area contributed by atoms with Gasteiger partial charge in [0.05, 0.1) is 27.7 Å². The van der Waals surface area contributed by atoms with E-state index in [9.17, 15) is 19.4 Å². The van der Waals surface area contributed by atoms with Crippen LogP contribution in [0.15, 0.2) is 24.3 Å². The predicted molar refractivity (Wildman–Crippen MR) is 176 cm³/mol. The minimum Gasteiger partial charge on any atom is -0.756 e. The number of carbonyl (C=O) groups excluding carboxylic acids is 1. The molecule has 0 radical (unpaired) electrons. The fourth-order valence-electron chi connectivity index (χ4n) is 4.93. The zero-order valence-corrected chi connectivity index (χ0v) is 28.7. The number of carbonyl (C=O) groups is 1. The number of aliphatic hydroxyl groups is 1. The van der Waals surface area contributed by atoms with Gasteiger partial charge < -0.3 is 28.8 Å². The first-order valence-corrected chi connectivity index (χ1v) is 18.5. The Morgan fingerprint density at radius 1 is 0.791 bits per heavy atom. The topological polar surface area (TPSA) is 108 Å². The first-order valence-electron chi connectivity index (χ1n) is 17.0. The van der Waals surface area contributed by atoms with Crippen molar-refractivity contribution in [1.82, 2.24) is 0 Å². The summed E-state index contributed by atoms with van der Waals surface area (Å²) in [5.41, 5.74) is 2.04. The van der Waals surface area contributed by atoms with Gasteiger partial charge in [-0.05, 0) is 43.4 Å². The number of aryl methyl sites for hydroxylation is 1. The summed E-state index contributed by atoms with van der Waals surface area (Å²) in [6.45, 7) is 2.94. The van der Waals surface area contributed by atoms with E-state index < -0.39 is 13.9 Å². The Labute approximate surface area is 263 Å². The Bertz CT molecular complexity index is 875. The standard InChI is InChI=1S/C34H63N2O6P/c1-5-22-33(37)34(38)35-32-26-24-31(25-27-32)23-20-18-16-14-12-10-8-6-7-9-11-13-15-17-19-21-29-41-43(39,40)42-30-28-36(2,3)4/h24-27,33,37H,5-23,28-30H2,1-4H3,(H-,35,38,39,40). The molecular weight excluding hydrogens is 563 g/mol. The van der Waals surface area contributed by atoms with E-state index in [2.05, 4.69) is 17.4 Å². The van der Waals surface area contributed by atoms with Gasteiger partial charge in [-0.3, -0.25) is 9.36 Å². The van der Waals surface area contributed by atoms with Crippen molar-refractivity contribution in [3.63, 3.8) is 0 Å². The van der Waals surface area contributed by atoms with Crippen molar-refractivity contribution < 1.29 is 32.9 Å². The Morgan fingerprint density at radius 3 is 1.70 bits per heavy atom. The molecule has 0 aliphatic heterocycles. The Morgan fingerprint density at radius 2 is 1.23 bits per heavy atom. The molecule has 0 fully saturated rings. The number of nitrogens with zero attached hydrogens (tertiary/aromatic N) is 1. The fourth-order valence-corrected chi connectivity index (χ4v) is 5.66. The van der Waals surface area contributed by atoms with Gasteiger partial charge in [-0.25, -0.2) is 0 Å². The van der Waals surface area contributed by atoms with E-state index in [0.717, 1.165) is 37.8 Å². The molecule has 9 heteroatoms. The van der Waals surface area contributed by atoms with Crippen LogP contribution in [0.1, 0.15) is 128 Å². The first-order chi connectivity index (χ1) is 20.5. The summed E-state index contributed by atoms with van der Waals surface area (Å²) in [4.78, 5) is 23.7. The maximum Gasteiger partial charge on any atom is 0.268 e. The van der Waals surface area contributed by atoms with Crippen molar-refractivity contribution in [2.24, 2.45) is 0 Å².